The van der Waals surface area contributed by atoms with Gasteiger partial charge in [-0.3, -0.25) is 15.6 Å². The summed E-state index contributed by atoms with van der Waals surface area (Å²) in [6.45, 7) is 0.988. The van der Waals surface area contributed by atoms with Crippen LogP contribution in [0.3, 0.4) is 0 Å². The lowest BCUT2D eigenvalue weighted by molar-refractivity contribution is 0.0962. The van der Waals surface area contributed by atoms with Crippen molar-refractivity contribution in [1.82, 2.24) is 9.73 Å². The Labute approximate surface area is 172 Å². The van der Waals surface area contributed by atoms with E-state index in [2.05, 4.69) is 10.9 Å². The summed E-state index contributed by atoms with van der Waals surface area (Å²) in [4.78, 5) is 12.5. The van der Waals surface area contributed by atoms with E-state index in [4.69, 9.17) is 34.8 Å². The zero-order valence-electron chi connectivity index (χ0n) is 14.0. The summed E-state index contributed by atoms with van der Waals surface area (Å²) in [7, 11) is -3.60. The van der Waals surface area contributed by atoms with Crippen LogP contribution < -0.4 is 10.9 Å². The van der Waals surface area contributed by atoms with Crippen molar-refractivity contribution in [1.29, 1.82) is 0 Å². The summed E-state index contributed by atoms with van der Waals surface area (Å²) in [5.74, 6) is -0.532. The third-order valence-electron chi connectivity index (χ3n) is 4.11. The third-order valence-corrected chi connectivity index (χ3v) is 6.82. The Morgan fingerprint density at radius 2 is 1.63 bits per heavy atom. The van der Waals surface area contributed by atoms with Gasteiger partial charge in [0.2, 0.25) is 10.0 Å². The minimum atomic E-state index is -3.60. The van der Waals surface area contributed by atoms with Crippen LogP contribution in [0.5, 0.6) is 0 Å². The second-order valence-corrected chi connectivity index (χ2v) is 9.15. The number of anilines is 1. The molecule has 0 aromatic heterocycles. The molecule has 2 aromatic carbocycles. The van der Waals surface area contributed by atoms with E-state index in [1.807, 2.05) is 0 Å². The molecule has 0 atom stereocenters. The lowest BCUT2D eigenvalue weighted by atomic mass is 10.2. The van der Waals surface area contributed by atoms with Crippen LogP contribution in [0.25, 0.3) is 0 Å². The summed E-state index contributed by atoms with van der Waals surface area (Å²) >= 11 is 18.0. The molecule has 0 radical (unpaired) electrons. The number of hydrogen-bond acceptors (Lipinski definition) is 4. The molecule has 1 fully saturated rings. The number of nitrogens with zero attached hydrogens (tertiary/aromatic N) is 1. The van der Waals surface area contributed by atoms with Crippen LogP contribution in [0.1, 0.15) is 23.2 Å². The molecule has 10 heteroatoms. The topological polar surface area (TPSA) is 78.5 Å². The Kier molecular flexibility index (Phi) is 6.18. The van der Waals surface area contributed by atoms with Crippen LogP contribution in [0, 0.1) is 0 Å². The fourth-order valence-corrected chi connectivity index (χ4v) is 5.20. The molecule has 0 bridgehead atoms. The van der Waals surface area contributed by atoms with E-state index >= 15 is 0 Å². The van der Waals surface area contributed by atoms with Crippen molar-refractivity contribution in [3.05, 3.63) is 57.0 Å². The number of carbonyl (C=O) groups excluding carboxylic acids is 1. The summed E-state index contributed by atoms with van der Waals surface area (Å²) in [5, 5.41) is 0.832. The van der Waals surface area contributed by atoms with Gasteiger partial charge < -0.3 is 0 Å². The molecular weight excluding hydrogens is 433 g/mol. The first-order valence-corrected chi connectivity index (χ1v) is 10.7. The van der Waals surface area contributed by atoms with Crippen molar-refractivity contribution in [3.63, 3.8) is 0 Å². The van der Waals surface area contributed by atoms with E-state index in [1.54, 1.807) is 0 Å². The molecule has 1 heterocycles. The maximum Gasteiger partial charge on any atom is 0.269 e. The lowest BCUT2D eigenvalue weighted by Crippen LogP contribution is -2.31. The summed E-state index contributed by atoms with van der Waals surface area (Å²) < 4.78 is 26.7. The number of hydrogen-bond donors (Lipinski definition) is 2. The van der Waals surface area contributed by atoms with Crippen molar-refractivity contribution < 1.29 is 13.2 Å². The number of hydrazine groups is 1. The van der Waals surface area contributed by atoms with Gasteiger partial charge in [0.1, 0.15) is 0 Å². The highest BCUT2D eigenvalue weighted by Gasteiger charge is 2.27. The van der Waals surface area contributed by atoms with Gasteiger partial charge in [-0.2, -0.15) is 4.31 Å². The first kappa shape index (κ1) is 20.2. The average Bonchev–Trinajstić information content (AvgIpc) is 3.16. The molecular formula is C17H16Cl3N3O3S. The van der Waals surface area contributed by atoms with Crippen molar-refractivity contribution in [2.75, 3.05) is 18.5 Å². The highest BCUT2D eigenvalue weighted by atomic mass is 35.5. The van der Waals surface area contributed by atoms with Gasteiger partial charge in [-0.1, -0.05) is 40.9 Å². The van der Waals surface area contributed by atoms with Gasteiger partial charge in [-0.15, -0.1) is 0 Å². The van der Waals surface area contributed by atoms with E-state index in [9.17, 15) is 13.2 Å². The summed E-state index contributed by atoms with van der Waals surface area (Å²) in [5.41, 5.74) is 5.57. The lowest BCUT2D eigenvalue weighted by Gasteiger charge is -2.16. The van der Waals surface area contributed by atoms with Gasteiger partial charge in [0, 0.05) is 23.7 Å². The first-order valence-electron chi connectivity index (χ1n) is 8.10. The van der Waals surface area contributed by atoms with Crippen molar-refractivity contribution in [2.45, 2.75) is 17.7 Å². The van der Waals surface area contributed by atoms with Crippen LogP contribution in [0.2, 0.25) is 15.1 Å². The monoisotopic (exact) mass is 447 g/mol. The second-order valence-electron chi connectivity index (χ2n) is 5.96. The molecule has 2 aromatic rings. The number of nitrogens with one attached hydrogen (secondary N) is 2. The molecule has 0 saturated carbocycles. The second kappa shape index (κ2) is 8.24. The fraction of sp³-hybridized carbons (Fsp3) is 0.235. The fourth-order valence-electron chi connectivity index (χ4n) is 2.73. The number of benzene rings is 2. The van der Waals surface area contributed by atoms with E-state index in [0.29, 0.717) is 18.1 Å². The number of amides is 1. The van der Waals surface area contributed by atoms with Gasteiger partial charge in [-0.25, -0.2) is 8.42 Å². The molecule has 0 spiro atoms. The quantitative estimate of drug-likeness (QED) is 0.672. The molecule has 6 nitrogen and oxygen atoms in total. The SMILES string of the molecule is O=C(NNc1c(Cl)cc(Cl)cc1Cl)c1cccc(S(=O)(=O)N2CCCC2)c1. The number of rotatable bonds is 5. The van der Waals surface area contributed by atoms with Crippen LogP contribution in [0.15, 0.2) is 41.3 Å². The number of sulfonamides is 1. The molecule has 0 unspecified atom stereocenters. The standard InChI is InChI=1S/C17H16Cl3N3O3S/c18-12-9-14(19)16(15(20)10-12)21-22-17(24)11-4-3-5-13(8-11)27(25,26)23-6-1-2-7-23/h3-5,8-10,21H,1-2,6-7H2,(H,22,24). The molecule has 144 valence electrons. The van der Waals surface area contributed by atoms with Crippen molar-refractivity contribution in [2.24, 2.45) is 0 Å². The van der Waals surface area contributed by atoms with Gasteiger partial charge in [0.15, 0.2) is 0 Å². The molecule has 1 saturated heterocycles. The van der Waals surface area contributed by atoms with Gasteiger partial charge in [0.05, 0.1) is 20.6 Å². The van der Waals surface area contributed by atoms with E-state index in [0.717, 1.165) is 12.8 Å². The van der Waals surface area contributed by atoms with Crippen molar-refractivity contribution in [3.8, 4) is 0 Å². The highest BCUT2D eigenvalue weighted by molar-refractivity contribution is 7.89. The minimum Gasteiger partial charge on any atom is -0.295 e. The van der Waals surface area contributed by atoms with Gasteiger partial charge >= 0.3 is 0 Å². The predicted octanol–water partition coefficient (Wildman–Crippen LogP) is 4.19. The predicted molar refractivity (Wildman–Crippen MR) is 107 cm³/mol. The maximum atomic E-state index is 12.6. The van der Waals surface area contributed by atoms with E-state index in [-0.39, 0.29) is 26.2 Å². The number of carbonyl (C=O) groups is 1. The Balaban J connectivity index is 1.76. The normalized spacial score (nSPS) is 14.9. The Morgan fingerprint density at radius 1 is 1.00 bits per heavy atom. The van der Waals surface area contributed by atoms with Gasteiger partial charge in [-0.05, 0) is 43.2 Å². The van der Waals surface area contributed by atoms with Gasteiger partial charge in [0.25, 0.3) is 5.91 Å². The van der Waals surface area contributed by atoms with Crippen LogP contribution in [-0.2, 0) is 10.0 Å². The molecule has 0 aliphatic carbocycles. The molecule has 27 heavy (non-hydrogen) atoms. The molecule has 1 aliphatic rings. The minimum absolute atomic E-state index is 0.0830. The average molecular weight is 449 g/mol. The summed E-state index contributed by atoms with van der Waals surface area (Å²) in [6.07, 6.45) is 1.68. The Hall–Kier alpha value is -1.51. The Morgan fingerprint density at radius 3 is 2.26 bits per heavy atom. The van der Waals surface area contributed by atoms with Crippen LogP contribution in [-0.4, -0.2) is 31.7 Å². The van der Waals surface area contributed by atoms with E-state index < -0.39 is 15.9 Å². The largest absolute Gasteiger partial charge is 0.295 e. The molecule has 2 N–H and O–H groups in total. The highest BCUT2D eigenvalue weighted by Crippen LogP contribution is 2.33. The first-order chi connectivity index (χ1) is 12.8. The maximum absolute atomic E-state index is 12.6. The molecule has 1 amide bonds. The summed E-state index contributed by atoms with van der Waals surface area (Å²) in [6, 6.07) is 8.82. The smallest absolute Gasteiger partial charge is 0.269 e. The zero-order chi connectivity index (χ0) is 19.6. The van der Waals surface area contributed by atoms with Crippen LogP contribution >= 0.6 is 34.8 Å². The van der Waals surface area contributed by atoms with Crippen molar-refractivity contribution >= 4 is 56.4 Å². The zero-order valence-corrected chi connectivity index (χ0v) is 17.1. The van der Waals surface area contributed by atoms with E-state index in [1.165, 1.54) is 40.7 Å². The third kappa shape index (κ3) is 4.50. The Bertz CT molecular complexity index is 953. The molecule has 3 rings (SSSR count). The number of halogens is 3. The molecule has 1 aliphatic heterocycles. The van der Waals surface area contributed by atoms with Crippen LogP contribution in [0.4, 0.5) is 5.69 Å².